The van der Waals surface area contributed by atoms with Crippen LogP contribution in [0, 0.1) is 0 Å². The zero-order chi connectivity index (χ0) is 15.4. The summed E-state index contributed by atoms with van der Waals surface area (Å²) in [6.07, 6.45) is 1.80. The van der Waals surface area contributed by atoms with Gasteiger partial charge in [-0.3, -0.25) is 0 Å². The molecule has 0 radical (unpaired) electrons. The minimum atomic E-state index is -0.981. The molecule has 0 aliphatic heterocycles. The van der Waals surface area contributed by atoms with E-state index >= 15 is 0 Å². The number of carboxylic acid groups (broad SMARTS) is 1. The molecule has 0 amide bonds. The zero-order valence-corrected chi connectivity index (χ0v) is 13.1. The number of rotatable bonds is 7. The average molecular weight is 310 g/mol. The van der Waals surface area contributed by atoms with Crippen molar-refractivity contribution in [2.75, 3.05) is 0 Å². The summed E-state index contributed by atoms with van der Waals surface area (Å²) < 4.78 is 10.6. The van der Waals surface area contributed by atoms with E-state index < -0.39 is 5.97 Å². The number of ether oxygens (including phenoxy) is 1. The number of carboxylic acids is 1. The lowest BCUT2D eigenvalue weighted by atomic mass is 10.2. The molecule has 21 heavy (non-hydrogen) atoms. The summed E-state index contributed by atoms with van der Waals surface area (Å²) in [4.78, 5) is 16.6. The molecule has 2 aromatic heterocycles. The average Bonchev–Trinajstić information content (AvgIpc) is 3.03. The van der Waals surface area contributed by atoms with E-state index in [-0.39, 0.29) is 17.4 Å². The van der Waals surface area contributed by atoms with Crippen LogP contribution in [-0.4, -0.2) is 21.2 Å². The number of hydrogen-bond acceptors (Lipinski definition) is 6. The van der Waals surface area contributed by atoms with Gasteiger partial charge in [0.15, 0.2) is 17.3 Å². The molecule has 0 atom stereocenters. The Kier molecular flexibility index (Phi) is 4.95. The lowest BCUT2D eigenvalue weighted by Gasteiger charge is -2.01. The van der Waals surface area contributed by atoms with Crippen LogP contribution in [0.5, 0.6) is 5.75 Å². The number of aryl methyl sites for hydroxylation is 1. The summed E-state index contributed by atoms with van der Waals surface area (Å²) in [7, 11) is 0. The maximum absolute atomic E-state index is 11.2. The van der Waals surface area contributed by atoms with Gasteiger partial charge in [-0.2, -0.15) is 4.98 Å². The lowest BCUT2D eigenvalue weighted by Crippen LogP contribution is -2.00. The van der Waals surface area contributed by atoms with E-state index in [2.05, 4.69) is 10.1 Å². The maximum Gasteiger partial charge on any atom is 0.349 e. The van der Waals surface area contributed by atoms with E-state index in [0.29, 0.717) is 17.5 Å². The van der Waals surface area contributed by atoms with E-state index in [9.17, 15) is 9.90 Å². The van der Waals surface area contributed by atoms with Gasteiger partial charge >= 0.3 is 5.97 Å². The second-order valence-corrected chi connectivity index (χ2v) is 6.09. The highest BCUT2D eigenvalue weighted by molar-refractivity contribution is 7.14. The molecule has 0 spiro atoms. The Hall–Kier alpha value is -1.89. The third-order valence-electron chi connectivity index (χ3n) is 2.79. The first-order valence-electron chi connectivity index (χ1n) is 6.82. The number of aromatic carboxylic acids is 1. The van der Waals surface area contributed by atoms with Crippen molar-refractivity contribution in [1.82, 2.24) is 10.1 Å². The molecule has 0 bridgehead atoms. The highest BCUT2D eigenvalue weighted by Gasteiger charge is 2.18. The van der Waals surface area contributed by atoms with Crippen molar-refractivity contribution in [3.05, 3.63) is 27.5 Å². The van der Waals surface area contributed by atoms with Gasteiger partial charge in [0, 0.05) is 10.8 Å². The Morgan fingerprint density at radius 2 is 2.29 bits per heavy atom. The summed E-state index contributed by atoms with van der Waals surface area (Å²) in [6, 6.07) is 1.78. The van der Waals surface area contributed by atoms with Crippen LogP contribution in [0.2, 0.25) is 0 Å². The third kappa shape index (κ3) is 3.81. The van der Waals surface area contributed by atoms with E-state index in [4.69, 9.17) is 9.26 Å². The predicted octanol–water partition coefficient (Wildman–Crippen LogP) is 3.48. The Labute approximate surface area is 126 Å². The molecule has 0 fully saturated rings. The van der Waals surface area contributed by atoms with Gasteiger partial charge < -0.3 is 14.4 Å². The van der Waals surface area contributed by atoms with Crippen LogP contribution in [0.4, 0.5) is 0 Å². The Morgan fingerprint density at radius 3 is 2.86 bits per heavy atom. The van der Waals surface area contributed by atoms with Gasteiger partial charge in [-0.1, -0.05) is 32.3 Å². The van der Waals surface area contributed by atoms with Crippen molar-refractivity contribution in [3.8, 4) is 5.75 Å². The summed E-state index contributed by atoms with van der Waals surface area (Å²) >= 11 is 1.25. The fourth-order valence-electron chi connectivity index (χ4n) is 1.75. The standard InChI is InChI=1S/C14H18N2O4S/c1-4-5-9-6-10(12(21-9)14(17)18)19-7-11-15-13(8(2)3)16-20-11/h6,8H,4-5,7H2,1-3H3,(H,17,18). The molecule has 114 valence electrons. The predicted molar refractivity (Wildman–Crippen MR) is 78.0 cm³/mol. The van der Waals surface area contributed by atoms with Crippen molar-refractivity contribution in [3.63, 3.8) is 0 Å². The van der Waals surface area contributed by atoms with Crippen molar-refractivity contribution in [2.45, 2.75) is 46.1 Å². The van der Waals surface area contributed by atoms with Gasteiger partial charge in [0.2, 0.25) is 0 Å². The normalized spacial score (nSPS) is 11.0. The van der Waals surface area contributed by atoms with Crippen LogP contribution in [0.1, 0.15) is 59.4 Å². The molecule has 1 N–H and O–H groups in total. The molecule has 2 heterocycles. The van der Waals surface area contributed by atoms with Gasteiger partial charge in [-0.15, -0.1) is 11.3 Å². The number of thiophene rings is 1. The first-order chi connectivity index (χ1) is 10.0. The molecule has 0 saturated carbocycles. The van der Waals surface area contributed by atoms with Crippen molar-refractivity contribution >= 4 is 17.3 Å². The Balaban J connectivity index is 2.09. The molecule has 2 rings (SSSR count). The van der Waals surface area contributed by atoms with E-state index in [1.165, 1.54) is 11.3 Å². The summed E-state index contributed by atoms with van der Waals surface area (Å²) in [6.45, 7) is 6.05. The SMILES string of the molecule is CCCc1cc(OCc2nc(C(C)C)no2)c(C(=O)O)s1. The molecule has 6 nitrogen and oxygen atoms in total. The minimum absolute atomic E-state index is 0.0717. The largest absolute Gasteiger partial charge is 0.482 e. The number of nitrogens with zero attached hydrogens (tertiary/aromatic N) is 2. The van der Waals surface area contributed by atoms with Crippen LogP contribution in [0.25, 0.3) is 0 Å². The highest BCUT2D eigenvalue weighted by Crippen LogP contribution is 2.31. The topological polar surface area (TPSA) is 85.5 Å². The third-order valence-corrected chi connectivity index (χ3v) is 3.96. The van der Waals surface area contributed by atoms with Gasteiger partial charge in [-0.05, 0) is 12.5 Å². The monoisotopic (exact) mass is 310 g/mol. The number of carbonyl (C=O) groups is 1. The molecule has 0 aliphatic rings. The van der Waals surface area contributed by atoms with Crippen LogP contribution in [0.3, 0.4) is 0 Å². The van der Waals surface area contributed by atoms with Crippen molar-refractivity contribution in [1.29, 1.82) is 0 Å². The molecule has 0 saturated heterocycles. The molecule has 2 aromatic rings. The van der Waals surface area contributed by atoms with Crippen molar-refractivity contribution < 1.29 is 19.2 Å². The molecular formula is C14H18N2O4S. The van der Waals surface area contributed by atoms with E-state index in [0.717, 1.165) is 17.7 Å². The molecule has 0 unspecified atom stereocenters. The first-order valence-corrected chi connectivity index (χ1v) is 7.64. The van der Waals surface area contributed by atoms with Crippen LogP contribution < -0.4 is 4.74 Å². The van der Waals surface area contributed by atoms with Crippen LogP contribution in [0.15, 0.2) is 10.6 Å². The van der Waals surface area contributed by atoms with Gasteiger partial charge in [0.25, 0.3) is 5.89 Å². The lowest BCUT2D eigenvalue weighted by molar-refractivity contribution is 0.0697. The summed E-state index contributed by atoms with van der Waals surface area (Å²) in [5, 5.41) is 13.0. The molecule has 0 aliphatic carbocycles. The number of hydrogen-bond donors (Lipinski definition) is 1. The molecule has 7 heteroatoms. The fourth-order valence-corrected chi connectivity index (χ4v) is 2.79. The Morgan fingerprint density at radius 1 is 1.52 bits per heavy atom. The summed E-state index contributed by atoms with van der Waals surface area (Å²) in [5.74, 6) is 0.516. The second kappa shape index (κ2) is 6.71. The number of aromatic nitrogens is 2. The van der Waals surface area contributed by atoms with E-state index in [1.807, 2.05) is 20.8 Å². The van der Waals surface area contributed by atoms with Gasteiger partial charge in [0.1, 0.15) is 5.75 Å². The second-order valence-electron chi connectivity index (χ2n) is 4.95. The smallest absolute Gasteiger partial charge is 0.349 e. The Bertz CT molecular complexity index is 618. The van der Waals surface area contributed by atoms with Gasteiger partial charge in [-0.25, -0.2) is 4.79 Å². The molecule has 0 aromatic carbocycles. The quantitative estimate of drug-likeness (QED) is 0.842. The van der Waals surface area contributed by atoms with Crippen LogP contribution in [-0.2, 0) is 13.0 Å². The van der Waals surface area contributed by atoms with E-state index in [1.54, 1.807) is 6.07 Å². The zero-order valence-electron chi connectivity index (χ0n) is 12.3. The molecular weight excluding hydrogens is 292 g/mol. The van der Waals surface area contributed by atoms with Crippen LogP contribution >= 0.6 is 11.3 Å². The van der Waals surface area contributed by atoms with Crippen molar-refractivity contribution in [2.24, 2.45) is 0 Å². The highest BCUT2D eigenvalue weighted by atomic mass is 32.1. The van der Waals surface area contributed by atoms with Gasteiger partial charge in [0.05, 0.1) is 0 Å². The fraction of sp³-hybridized carbons (Fsp3) is 0.500. The maximum atomic E-state index is 11.2. The first kappa shape index (κ1) is 15.5. The summed E-state index contributed by atoms with van der Waals surface area (Å²) in [5.41, 5.74) is 0. The minimum Gasteiger partial charge on any atom is -0.482 e.